The lowest BCUT2D eigenvalue weighted by molar-refractivity contribution is -0.143. The zero-order chi connectivity index (χ0) is 13.0. The molecule has 0 saturated heterocycles. The van der Waals surface area contributed by atoms with E-state index in [9.17, 15) is 14.0 Å². The number of carbonyl (C=O) groups is 2. The molecule has 0 saturated carbocycles. The van der Waals surface area contributed by atoms with Gasteiger partial charge >= 0.3 is 11.9 Å². The van der Waals surface area contributed by atoms with Gasteiger partial charge in [0.1, 0.15) is 5.82 Å². The molecule has 0 fully saturated rings. The lowest BCUT2D eigenvalue weighted by Crippen LogP contribution is -2.18. The van der Waals surface area contributed by atoms with Crippen LogP contribution in [0.4, 0.5) is 4.39 Å². The molecule has 17 heavy (non-hydrogen) atoms. The Morgan fingerprint density at radius 3 is 2.18 bits per heavy atom. The highest BCUT2D eigenvalue weighted by Crippen LogP contribution is 2.16. The van der Waals surface area contributed by atoms with Crippen LogP contribution in [0.25, 0.3) is 6.08 Å². The Bertz CT molecular complexity index is 462. The second-order valence-corrected chi connectivity index (χ2v) is 3.52. The topological polar surface area (TPSA) is 74.6 Å². The van der Waals surface area contributed by atoms with E-state index in [2.05, 4.69) is 0 Å². The van der Waals surface area contributed by atoms with Gasteiger partial charge in [0, 0.05) is 0 Å². The zero-order valence-corrected chi connectivity index (χ0v) is 9.05. The second-order valence-electron chi connectivity index (χ2n) is 3.52. The van der Waals surface area contributed by atoms with Crippen molar-refractivity contribution in [3.8, 4) is 0 Å². The van der Waals surface area contributed by atoms with E-state index in [4.69, 9.17) is 10.2 Å². The summed E-state index contributed by atoms with van der Waals surface area (Å²) >= 11 is 0. The van der Waals surface area contributed by atoms with Crippen molar-refractivity contribution < 1.29 is 24.2 Å². The van der Waals surface area contributed by atoms with Gasteiger partial charge in [-0.1, -0.05) is 12.1 Å². The Balaban J connectivity index is 3.10. The summed E-state index contributed by atoms with van der Waals surface area (Å²) in [7, 11) is 0. The SMILES string of the molecule is CC(C(=O)O)/C(=C\c1ccc(F)cc1)C(=O)O. The third-order valence-electron chi connectivity index (χ3n) is 2.28. The van der Waals surface area contributed by atoms with Crippen LogP contribution in [0.15, 0.2) is 29.8 Å². The third-order valence-corrected chi connectivity index (χ3v) is 2.28. The van der Waals surface area contributed by atoms with Crippen molar-refractivity contribution in [1.29, 1.82) is 0 Å². The van der Waals surface area contributed by atoms with E-state index in [1.165, 1.54) is 37.3 Å². The summed E-state index contributed by atoms with van der Waals surface area (Å²) in [5.74, 6) is -4.09. The van der Waals surface area contributed by atoms with Crippen LogP contribution >= 0.6 is 0 Å². The number of hydrogen-bond acceptors (Lipinski definition) is 2. The Kier molecular flexibility index (Phi) is 3.98. The highest BCUT2D eigenvalue weighted by atomic mass is 19.1. The molecule has 0 spiro atoms. The lowest BCUT2D eigenvalue weighted by atomic mass is 9.99. The van der Waals surface area contributed by atoms with Gasteiger partial charge in [-0.15, -0.1) is 0 Å². The first kappa shape index (κ1) is 12.9. The normalized spacial score (nSPS) is 13.2. The van der Waals surface area contributed by atoms with E-state index in [0.717, 1.165) is 0 Å². The molecule has 1 rings (SSSR count). The highest BCUT2D eigenvalue weighted by Gasteiger charge is 2.22. The number of aliphatic carboxylic acids is 2. The summed E-state index contributed by atoms with van der Waals surface area (Å²) < 4.78 is 12.6. The molecule has 0 aliphatic rings. The standard InChI is InChI=1S/C12H11FO4/c1-7(11(14)15)10(12(16)17)6-8-2-4-9(13)5-3-8/h2-7H,1H3,(H,14,15)(H,16,17)/b10-6+. The van der Waals surface area contributed by atoms with Crippen LogP contribution in [0.5, 0.6) is 0 Å². The summed E-state index contributed by atoms with van der Waals surface area (Å²) in [4.78, 5) is 21.6. The number of benzene rings is 1. The molecule has 0 aliphatic heterocycles. The van der Waals surface area contributed by atoms with E-state index in [-0.39, 0.29) is 5.57 Å². The van der Waals surface area contributed by atoms with Crippen LogP contribution < -0.4 is 0 Å². The van der Waals surface area contributed by atoms with E-state index < -0.39 is 23.7 Å². The molecule has 0 aliphatic carbocycles. The number of carboxylic acids is 2. The molecule has 0 aromatic heterocycles. The molecule has 1 atom stereocenters. The van der Waals surface area contributed by atoms with Crippen LogP contribution in [0.2, 0.25) is 0 Å². The maximum absolute atomic E-state index is 12.6. The molecule has 1 aromatic rings. The molecule has 4 nitrogen and oxygen atoms in total. The molecule has 0 bridgehead atoms. The average molecular weight is 238 g/mol. The molecule has 90 valence electrons. The maximum Gasteiger partial charge on any atom is 0.332 e. The number of rotatable bonds is 4. The average Bonchev–Trinajstić information content (AvgIpc) is 2.26. The number of halogens is 1. The predicted octanol–water partition coefficient (Wildman–Crippen LogP) is 2.01. The summed E-state index contributed by atoms with van der Waals surface area (Å²) in [5, 5.41) is 17.7. The third kappa shape index (κ3) is 3.41. The van der Waals surface area contributed by atoms with E-state index in [0.29, 0.717) is 5.56 Å². The summed E-state index contributed by atoms with van der Waals surface area (Å²) in [6.07, 6.45) is 1.22. The van der Waals surface area contributed by atoms with Crippen LogP contribution in [-0.2, 0) is 9.59 Å². The van der Waals surface area contributed by atoms with Gasteiger partial charge in [-0.25, -0.2) is 9.18 Å². The van der Waals surface area contributed by atoms with Gasteiger partial charge in [-0.05, 0) is 30.7 Å². The molecule has 5 heteroatoms. The maximum atomic E-state index is 12.6. The minimum absolute atomic E-state index is 0.246. The minimum Gasteiger partial charge on any atom is -0.481 e. The van der Waals surface area contributed by atoms with Crippen molar-refractivity contribution in [2.75, 3.05) is 0 Å². The van der Waals surface area contributed by atoms with Crippen molar-refractivity contribution in [3.63, 3.8) is 0 Å². The van der Waals surface area contributed by atoms with Crippen molar-refractivity contribution in [3.05, 3.63) is 41.2 Å². The molecular formula is C12H11FO4. The van der Waals surface area contributed by atoms with Crippen molar-refractivity contribution in [1.82, 2.24) is 0 Å². The molecular weight excluding hydrogens is 227 g/mol. The lowest BCUT2D eigenvalue weighted by Gasteiger charge is -2.07. The zero-order valence-electron chi connectivity index (χ0n) is 9.05. The van der Waals surface area contributed by atoms with Gasteiger partial charge < -0.3 is 10.2 Å². The van der Waals surface area contributed by atoms with Crippen molar-refractivity contribution >= 4 is 18.0 Å². The molecule has 1 aromatic carbocycles. The minimum atomic E-state index is -1.30. The monoisotopic (exact) mass is 238 g/mol. The van der Waals surface area contributed by atoms with Gasteiger partial charge in [-0.2, -0.15) is 0 Å². The molecule has 0 heterocycles. The van der Waals surface area contributed by atoms with Crippen molar-refractivity contribution in [2.45, 2.75) is 6.92 Å². The highest BCUT2D eigenvalue weighted by molar-refractivity contribution is 5.98. The van der Waals surface area contributed by atoms with Crippen LogP contribution in [-0.4, -0.2) is 22.2 Å². The summed E-state index contributed by atoms with van der Waals surface area (Å²) in [5.41, 5.74) is 0.195. The quantitative estimate of drug-likeness (QED) is 0.787. The largest absolute Gasteiger partial charge is 0.481 e. The second kappa shape index (κ2) is 5.25. The van der Waals surface area contributed by atoms with Crippen LogP contribution in [0.3, 0.4) is 0 Å². The molecule has 2 N–H and O–H groups in total. The Hall–Kier alpha value is -2.17. The Morgan fingerprint density at radius 2 is 1.76 bits per heavy atom. The summed E-state index contributed by atoms with van der Waals surface area (Å²) in [6, 6.07) is 5.12. The van der Waals surface area contributed by atoms with Gasteiger partial charge in [0.05, 0.1) is 11.5 Å². The van der Waals surface area contributed by atoms with E-state index in [1.807, 2.05) is 0 Å². The first-order valence-electron chi connectivity index (χ1n) is 4.85. The fraction of sp³-hybridized carbons (Fsp3) is 0.167. The smallest absolute Gasteiger partial charge is 0.332 e. The Labute approximate surface area is 97.0 Å². The molecule has 1 unspecified atom stereocenters. The van der Waals surface area contributed by atoms with Gasteiger partial charge in [-0.3, -0.25) is 4.79 Å². The van der Waals surface area contributed by atoms with Gasteiger partial charge in [0.25, 0.3) is 0 Å². The van der Waals surface area contributed by atoms with Crippen LogP contribution in [0, 0.1) is 11.7 Å². The predicted molar refractivity (Wildman–Crippen MR) is 58.8 cm³/mol. The summed E-state index contributed by atoms with van der Waals surface area (Å²) in [6.45, 7) is 1.28. The number of carboxylic acid groups (broad SMARTS) is 2. The van der Waals surface area contributed by atoms with Gasteiger partial charge in [0.15, 0.2) is 0 Å². The first-order chi connectivity index (χ1) is 7.91. The Morgan fingerprint density at radius 1 is 1.24 bits per heavy atom. The molecule has 0 amide bonds. The first-order valence-corrected chi connectivity index (χ1v) is 4.85. The fourth-order valence-electron chi connectivity index (χ4n) is 1.24. The van der Waals surface area contributed by atoms with E-state index in [1.54, 1.807) is 0 Å². The fourth-order valence-corrected chi connectivity index (χ4v) is 1.24. The van der Waals surface area contributed by atoms with E-state index >= 15 is 0 Å². The number of hydrogen-bond donors (Lipinski definition) is 2. The molecule has 0 radical (unpaired) electrons. The van der Waals surface area contributed by atoms with Crippen molar-refractivity contribution in [2.24, 2.45) is 5.92 Å². The van der Waals surface area contributed by atoms with Crippen LogP contribution in [0.1, 0.15) is 12.5 Å². The van der Waals surface area contributed by atoms with Gasteiger partial charge in [0.2, 0.25) is 0 Å².